The molecule has 0 fully saturated rings. The predicted molar refractivity (Wildman–Crippen MR) is 155 cm³/mol. The third kappa shape index (κ3) is 10.0. The van der Waals surface area contributed by atoms with E-state index in [2.05, 4.69) is 25.9 Å². The second-order valence-corrected chi connectivity index (χ2v) is 10.6. The van der Waals surface area contributed by atoms with Crippen molar-refractivity contribution >= 4 is 23.7 Å². The van der Waals surface area contributed by atoms with Gasteiger partial charge in [0.05, 0.1) is 12.4 Å². The van der Waals surface area contributed by atoms with Crippen LogP contribution in [0.5, 0.6) is 5.75 Å². The number of rotatable bonds is 15. The Bertz CT molecular complexity index is 1310. The summed E-state index contributed by atoms with van der Waals surface area (Å²) in [5.74, 6) is -2.94. The summed E-state index contributed by atoms with van der Waals surface area (Å²) >= 11 is 0. The van der Waals surface area contributed by atoms with Crippen molar-refractivity contribution < 1.29 is 29.4 Å². The molecule has 0 radical (unpaired) electrons. The van der Waals surface area contributed by atoms with Gasteiger partial charge in [0.15, 0.2) is 0 Å². The topological polar surface area (TPSA) is 200 Å². The molecule has 3 amide bonds. The molecule has 224 valence electrons. The van der Waals surface area contributed by atoms with E-state index < -0.39 is 47.9 Å². The fraction of sp³-hybridized carbons (Fsp3) is 0.367. The zero-order valence-corrected chi connectivity index (χ0v) is 23.6. The number of H-pyrrole nitrogens is 1. The lowest BCUT2D eigenvalue weighted by Gasteiger charge is -2.25. The molecule has 42 heavy (non-hydrogen) atoms. The molecule has 2 aromatic carbocycles. The van der Waals surface area contributed by atoms with Crippen molar-refractivity contribution in [3.8, 4) is 5.75 Å². The van der Waals surface area contributed by atoms with Gasteiger partial charge < -0.3 is 36.9 Å². The summed E-state index contributed by atoms with van der Waals surface area (Å²) in [6.07, 6.45) is 3.40. The number of nitrogens with two attached hydrogens (primary N) is 1. The first-order chi connectivity index (χ1) is 20.0. The number of nitrogens with one attached hydrogen (secondary N) is 4. The number of hydrogen-bond donors (Lipinski definition) is 7. The first kappa shape index (κ1) is 31.8. The molecule has 12 nitrogen and oxygen atoms in total. The highest BCUT2D eigenvalue weighted by molar-refractivity contribution is 5.94. The van der Waals surface area contributed by atoms with Crippen molar-refractivity contribution in [1.82, 2.24) is 25.9 Å². The Labute approximate surface area is 244 Å². The van der Waals surface area contributed by atoms with Gasteiger partial charge in [0.2, 0.25) is 17.7 Å². The molecule has 8 N–H and O–H groups in total. The molecule has 1 heterocycles. The number of carbonyl (C=O) groups excluding carboxylic acids is 3. The van der Waals surface area contributed by atoms with E-state index in [1.54, 1.807) is 42.5 Å². The molecule has 0 saturated heterocycles. The molecule has 3 rings (SSSR count). The normalized spacial score (nSPS) is 13.9. The number of aromatic amines is 1. The number of carboxylic acid groups (broad SMARTS) is 1. The summed E-state index contributed by atoms with van der Waals surface area (Å²) in [6, 6.07) is 10.6. The van der Waals surface area contributed by atoms with E-state index in [-0.39, 0.29) is 30.9 Å². The lowest BCUT2D eigenvalue weighted by Crippen LogP contribution is -2.58. The monoisotopic (exact) mass is 578 g/mol. The number of carbonyl (C=O) groups is 4. The smallest absolute Gasteiger partial charge is 0.326 e. The van der Waals surface area contributed by atoms with E-state index in [4.69, 9.17) is 5.73 Å². The van der Waals surface area contributed by atoms with E-state index in [0.717, 1.165) is 0 Å². The second-order valence-electron chi connectivity index (χ2n) is 10.6. The molecule has 0 aliphatic carbocycles. The van der Waals surface area contributed by atoms with Gasteiger partial charge in [-0.05, 0) is 35.6 Å². The van der Waals surface area contributed by atoms with E-state index in [1.807, 2.05) is 13.8 Å². The first-order valence-corrected chi connectivity index (χ1v) is 13.7. The van der Waals surface area contributed by atoms with Gasteiger partial charge in [-0.25, -0.2) is 9.78 Å². The van der Waals surface area contributed by atoms with E-state index in [9.17, 15) is 29.4 Å². The molecule has 0 bridgehead atoms. The van der Waals surface area contributed by atoms with Crippen molar-refractivity contribution in [3.63, 3.8) is 0 Å². The molecular weight excluding hydrogens is 540 g/mol. The Kier molecular flexibility index (Phi) is 11.6. The second kappa shape index (κ2) is 15.3. The number of carboxylic acids is 1. The summed E-state index contributed by atoms with van der Waals surface area (Å²) in [5, 5.41) is 27.4. The van der Waals surface area contributed by atoms with Crippen molar-refractivity contribution in [2.24, 2.45) is 11.7 Å². The number of benzene rings is 2. The molecule has 12 heteroatoms. The maximum Gasteiger partial charge on any atom is 0.326 e. The number of aromatic hydroxyl groups is 1. The van der Waals surface area contributed by atoms with Crippen LogP contribution in [0.15, 0.2) is 67.1 Å². The van der Waals surface area contributed by atoms with Gasteiger partial charge in [0, 0.05) is 31.2 Å². The van der Waals surface area contributed by atoms with Crippen LogP contribution in [0.4, 0.5) is 0 Å². The minimum absolute atomic E-state index is 0.0119. The predicted octanol–water partition coefficient (Wildman–Crippen LogP) is 1.06. The van der Waals surface area contributed by atoms with Crippen LogP contribution < -0.4 is 21.7 Å². The highest BCUT2D eigenvalue weighted by Gasteiger charge is 2.31. The molecule has 0 saturated carbocycles. The van der Waals surface area contributed by atoms with Gasteiger partial charge in [0.25, 0.3) is 0 Å². The van der Waals surface area contributed by atoms with Gasteiger partial charge in [-0.2, -0.15) is 0 Å². The lowest BCUT2D eigenvalue weighted by molar-refractivity contribution is -0.142. The van der Waals surface area contributed by atoms with Crippen molar-refractivity contribution in [3.05, 3.63) is 83.9 Å². The SMILES string of the molecule is CC(C)CC(N)C(=O)NC(Cc1ccc(O)cc1)C(=O)NC(Cc1cnc[nH]1)C(=O)NC(Cc1ccccc1)C(=O)O. The Morgan fingerprint density at radius 1 is 0.810 bits per heavy atom. The summed E-state index contributed by atoms with van der Waals surface area (Å²) in [4.78, 5) is 58.8. The van der Waals surface area contributed by atoms with E-state index >= 15 is 0 Å². The fourth-order valence-electron chi connectivity index (χ4n) is 4.39. The molecule has 0 spiro atoms. The van der Waals surface area contributed by atoms with Crippen LogP contribution in [0.1, 0.15) is 37.1 Å². The highest BCUT2D eigenvalue weighted by Crippen LogP contribution is 2.13. The van der Waals surface area contributed by atoms with Gasteiger partial charge in [0.1, 0.15) is 23.9 Å². The molecule has 0 aliphatic rings. The minimum atomic E-state index is -1.25. The largest absolute Gasteiger partial charge is 0.508 e. The molecule has 0 aliphatic heterocycles. The zero-order valence-electron chi connectivity index (χ0n) is 23.6. The third-order valence-corrected chi connectivity index (χ3v) is 6.58. The Morgan fingerprint density at radius 3 is 1.93 bits per heavy atom. The van der Waals surface area contributed by atoms with Crippen LogP contribution >= 0.6 is 0 Å². The minimum Gasteiger partial charge on any atom is -0.508 e. The number of hydrogen-bond acceptors (Lipinski definition) is 7. The number of nitrogens with zero attached hydrogens (tertiary/aromatic N) is 1. The highest BCUT2D eigenvalue weighted by atomic mass is 16.4. The van der Waals surface area contributed by atoms with Crippen molar-refractivity contribution in [2.45, 2.75) is 63.7 Å². The maximum absolute atomic E-state index is 13.6. The van der Waals surface area contributed by atoms with Crippen LogP contribution in [-0.2, 0) is 38.4 Å². The Morgan fingerprint density at radius 2 is 1.36 bits per heavy atom. The number of aromatic nitrogens is 2. The molecular formula is C30H38N6O6. The summed E-state index contributed by atoms with van der Waals surface area (Å²) in [7, 11) is 0. The van der Waals surface area contributed by atoms with Gasteiger partial charge >= 0.3 is 5.97 Å². The van der Waals surface area contributed by atoms with Crippen LogP contribution in [0.25, 0.3) is 0 Å². The summed E-state index contributed by atoms with van der Waals surface area (Å²) in [6.45, 7) is 3.85. The quantitative estimate of drug-likeness (QED) is 0.139. The Balaban J connectivity index is 1.82. The summed E-state index contributed by atoms with van der Waals surface area (Å²) in [5.41, 5.74) is 7.95. The number of imidazole rings is 1. The number of aliphatic carboxylic acids is 1. The number of phenolic OH excluding ortho intramolecular Hbond substituents is 1. The van der Waals surface area contributed by atoms with Crippen molar-refractivity contribution in [2.75, 3.05) is 0 Å². The molecule has 3 aromatic rings. The number of phenols is 1. The molecule has 4 unspecified atom stereocenters. The Hall–Kier alpha value is -4.71. The average Bonchev–Trinajstić information content (AvgIpc) is 3.46. The summed E-state index contributed by atoms with van der Waals surface area (Å²) < 4.78 is 0. The van der Waals surface area contributed by atoms with E-state index in [1.165, 1.54) is 24.7 Å². The van der Waals surface area contributed by atoms with Gasteiger partial charge in [-0.3, -0.25) is 14.4 Å². The zero-order chi connectivity index (χ0) is 30.6. The van der Waals surface area contributed by atoms with Crippen LogP contribution in [0.3, 0.4) is 0 Å². The number of amides is 3. The fourth-order valence-corrected chi connectivity index (χ4v) is 4.39. The van der Waals surface area contributed by atoms with Crippen molar-refractivity contribution in [1.29, 1.82) is 0 Å². The standard InChI is InChI=1S/C30H38N6O6/c1-18(2)12-23(31)27(38)34-24(13-20-8-10-22(37)11-9-20)28(39)35-25(15-21-16-32-17-33-21)29(40)36-26(30(41)42)14-19-6-4-3-5-7-19/h3-11,16-18,23-26,37H,12-15,31H2,1-2H3,(H,32,33)(H,34,38)(H,35,39)(H,36,40)(H,41,42). The first-order valence-electron chi connectivity index (χ1n) is 13.7. The average molecular weight is 579 g/mol. The third-order valence-electron chi connectivity index (χ3n) is 6.58. The molecule has 1 aromatic heterocycles. The van der Waals surface area contributed by atoms with Crippen LogP contribution in [0, 0.1) is 5.92 Å². The van der Waals surface area contributed by atoms with Gasteiger partial charge in [-0.1, -0.05) is 56.3 Å². The lowest BCUT2D eigenvalue weighted by atomic mass is 10.0. The van der Waals surface area contributed by atoms with Gasteiger partial charge in [-0.15, -0.1) is 0 Å². The van der Waals surface area contributed by atoms with Crippen LogP contribution in [-0.4, -0.2) is 68.0 Å². The molecule has 4 atom stereocenters. The van der Waals surface area contributed by atoms with E-state index in [0.29, 0.717) is 23.2 Å². The maximum atomic E-state index is 13.6. The van der Waals surface area contributed by atoms with Crippen LogP contribution in [0.2, 0.25) is 0 Å².